The summed E-state index contributed by atoms with van der Waals surface area (Å²) in [5.41, 5.74) is -2.66. The van der Waals surface area contributed by atoms with Crippen LogP contribution in [0.15, 0.2) is 24.3 Å². The van der Waals surface area contributed by atoms with E-state index in [0.717, 1.165) is 12.1 Å². The topological polar surface area (TPSA) is 132 Å². The van der Waals surface area contributed by atoms with Gasteiger partial charge in [0, 0.05) is 34.2 Å². The van der Waals surface area contributed by atoms with Gasteiger partial charge >= 0.3 is 0 Å². The molecule has 2 aromatic carbocycles. The molecule has 0 spiro atoms. The molecule has 0 bridgehead atoms. The molecule has 7 heteroatoms. The molecule has 27 heavy (non-hydrogen) atoms. The van der Waals surface area contributed by atoms with Crippen LogP contribution in [0.4, 0.5) is 0 Å². The Morgan fingerprint density at radius 2 is 1.70 bits per heavy atom. The maximum atomic E-state index is 12.9. The Bertz CT molecular complexity index is 1050. The van der Waals surface area contributed by atoms with Gasteiger partial charge < -0.3 is 20.4 Å². The number of hydrogen-bond acceptors (Lipinski definition) is 7. The van der Waals surface area contributed by atoms with E-state index in [9.17, 15) is 34.8 Å². The molecule has 0 aromatic heterocycles. The van der Waals surface area contributed by atoms with Crippen LogP contribution in [0.2, 0.25) is 0 Å². The number of benzene rings is 2. The fourth-order valence-electron chi connectivity index (χ4n) is 3.89. The minimum atomic E-state index is -1.81. The van der Waals surface area contributed by atoms with Crippen molar-refractivity contribution in [2.75, 3.05) is 0 Å². The number of phenolic OH excluding ortho intramolecular Hbond substituents is 2. The average Bonchev–Trinajstić information content (AvgIpc) is 2.63. The fourth-order valence-corrected chi connectivity index (χ4v) is 3.89. The van der Waals surface area contributed by atoms with Gasteiger partial charge in [-0.15, -0.1) is 0 Å². The number of aromatic hydroxyl groups is 2. The summed E-state index contributed by atoms with van der Waals surface area (Å²) >= 11 is 0. The van der Waals surface area contributed by atoms with Gasteiger partial charge in [0.25, 0.3) is 0 Å². The Hall–Kier alpha value is -3.03. The molecular formula is C20H16O7. The molecule has 7 nitrogen and oxygen atoms in total. The third-order valence-corrected chi connectivity index (χ3v) is 5.42. The first-order valence-electron chi connectivity index (χ1n) is 8.47. The molecule has 0 aliphatic heterocycles. The number of Topliss-reactive ketones (excluding diaryl/α,β-unsaturated/α-hetero) is 1. The molecule has 2 aliphatic carbocycles. The van der Waals surface area contributed by atoms with Crippen LogP contribution in [0.3, 0.4) is 0 Å². The summed E-state index contributed by atoms with van der Waals surface area (Å²) in [6.45, 7) is 1.58. The first-order chi connectivity index (χ1) is 12.7. The number of hydrogen-bond donors (Lipinski definition) is 4. The Balaban J connectivity index is 2.02. The van der Waals surface area contributed by atoms with E-state index in [0.29, 0.717) is 0 Å². The first kappa shape index (κ1) is 17.4. The number of rotatable bonds is 1. The Morgan fingerprint density at radius 3 is 2.37 bits per heavy atom. The van der Waals surface area contributed by atoms with Crippen LogP contribution in [0.1, 0.15) is 73.6 Å². The number of carbonyl (C=O) groups is 3. The fraction of sp³-hybridized carbons (Fsp3) is 0.250. The standard InChI is InChI=1S/C20H16O7/c1-2-20(27)7-13(22)14-12(19(20)26)6-11-15(18(14)25)17(24)9-4-3-8(21)5-10(9)16(11)23/h3-6,13,21-22,25,27H,2,7H2,1H3. The van der Waals surface area contributed by atoms with Crippen molar-refractivity contribution in [3.05, 3.63) is 57.6 Å². The third-order valence-electron chi connectivity index (χ3n) is 5.42. The van der Waals surface area contributed by atoms with E-state index < -0.39 is 34.8 Å². The number of carbonyl (C=O) groups excluding carboxylic acids is 3. The van der Waals surface area contributed by atoms with Crippen LogP contribution >= 0.6 is 0 Å². The van der Waals surface area contributed by atoms with Gasteiger partial charge in [-0.3, -0.25) is 14.4 Å². The van der Waals surface area contributed by atoms with Gasteiger partial charge in [-0.2, -0.15) is 0 Å². The average molecular weight is 368 g/mol. The van der Waals surface area contributed by atoms with Crippen LogP contribution in [0.25, 0.3) is 0 Å². The van der Waals surface area contributed by atoms with Crippen molar-refractivity contribution in [1.82, 2.24) is 0 Å². The SMILES string of the molecule is CCC1(O)CC(O)c2c(cc3c(c2O)C(=O)c2ccc(O)cc2C3=O)C1=O. The molecule has 0 saturated carbocycles. The molecule has 2 aliphatic rings. The number of phenols is 2. The Kier molecular flexibility index (Phi) is 3.53. The molecule has 0 fully saturated rings. The van der Waals surface area contributed by atoms with E-state index in [1.807, 2.05) is 0 Å². The largest absolute Gasteiger partial charge is 0.508 e. The lowest BCUT2D eigenvalue weighted by molar-refractivity contribution is -0.00987. The summed E-state index contributed by atoms with van der Waals surface area (Å²) in [4.78, 5) is 38.4. The highest BCUT2D eigenvalue weighted by Crippen LogP contribution is 2.46. The highest BCUT2D eigenvalue weighted by molar-refractivity contribution is 6.30. The highest BCUT2D eigenvalue weighted by atomic mass is 16.3. The molecular weight excluding hydrogens is 352 g/mol. The van der Waals surface area contributed by atoms with Crippen molar-refractivity contribution in [2.45, 2.75) is 31.5 Å². The molecule has 138 valence electrons. The number of aliphatic hydroxyl groups excluding tert-OH is 1. The molecule has 2 unspecified atom stereocenters. The van der Waals surface area contributed by atoms with Crippen LogP contribution in [-0.4, -0.2) is 43.4 Å². The zero-order chi connectivity index (χ0) is 19.7. The van der Waals surface area contributed by atoms with Gasteiger partial charge in [0.15, 0.2) is 17.3 Å². The third kappa shape index (κ3) is 2.19. The number of fused-ring (bicyclic) bond motifs is 3. The van der Waals surface area contributed by atoms with Crippen molar-refractivity contribution < 1.29 is 34.8 Å². The predicted octanol–water partition coefficient (Wildman–Crippen LogP) is 1.63. The molecule has 2 aromatic rings. The van der Waals surface area contributed by atoms with Crippen molar-refractivity contribution in [1.29, 1.82) is 0 Å². The minimum absolute atomic E-state index is 0.0160. The monoisotopic (exact) mass is 368 g/mol. The zero-order valence-electron chi connectivity index (χ0n) is 14.3. The highest BCUT2D eigenvalue weighted by Gasteiger charge is 2.47. The molecule has 0 amide bonds. The first-order valence-corrected chi connectivity index (χ1v) is 8.47. The Labute approximate surface area is 153 Å². The van der Waals surface area contributed by atoms with Crippen molar-refractivity contribution in [2.24, 2.45) is 0 Å². The predicted molar refractivity (Wildman–Crippen MR) is 92.2 cm³/mol. The molecule has 4 N–H and O–H groups in total. The maximum Gasteiger partial charge on any atom is 0.198 e. The summed E-state index contributed by atoms with van der Waals surface area (Å²) in [7, 11) is 0. The van der Waals surface area contributed by atoms with Gasteiger partial charge in [0.2, 0.25) is 0 Å². The second-order valence-electron chi connectivity index (χ2n) is 6.93. The van der Waals surface area contributed by atoms with Crippen LogP contribution in [0, 0.1) is 0 Å². The van der Waals surface area contributed by atoms with Gasteiger partial charge in [0.1, 0.15) is 17.1 Å². The van der Waals surface area contributed by atoms with E-state index in [2.05, 4.69) is 0 Å². The number of ketones is 3. The Morgan fingerprint density at radius 1 is 1.00 bits per heavy atom. The molecule has 2 atom stereocenters. The lowest BCUT2D eigenvalue weighted by atomic mass is 9.72. The smallest absolute Gasteiger partial charge is 0.198 e. The second kappa shape index (κ2) is 5.48. The van der Waals surface area contributed by atoms with E-state index in [1.165, 1.54) is 12.1 Å². The van der Waals surface area contributed by atoms with Crippen molar-refractivity contribution in [3.8, 4) is 11.5 Å². The summed E-state index contributed by atoms with van der Waals surface area (Å²) < 4.78 is 0. The molecule has 0 saturated heterocycles. The van der Waals surface area contributed by atoms with E-state index in [4.69, 9.17) is 0 Å². The number of aliphatic hydroxyl groups is 2. The summed E-state index contributed by atoms with van der Waals surface area (Å²) in [5.74, 6) is -2.83. The van der Waals surface area contributed by atoms with Crippen LogP contribution in [-0.2, 0) is 0 Å². The summed E-state index contributed by atoms with van der Waals surface area (Å²) in [6.07, 6.45) is -1.63. The van der Waals surface area contributed by atoms with Gasteiger partial charge in [-0.05, 0) is 30.7 Å². The molecule has 0 radical (unpaired) electrons. The van der Waals surface area contributed by atoms with Gasteiger partial charge in [-0.1, -0.05) is 6.92 Å². The zero-order valence-corrected chi connectivity index (χ0v) is 14.3. The second-order valence-corrected chi connectivity index (χ2v) is 6.93. The minimum Gasteiger partial charge on any atom is -0.508 e. The van der Waals surface area contributed by atoms with Crippen molar-refractivity contribution in [3.63, 3.8) is 0 Å². The quantitative estimate of drug-likeness (QED) is 0.513. The summed E-state index contributed by atoms with van der Waals surface area (Å²) in [5, 5.41) is 41.2. The summed E-state index contributed by atoms with van der Waals surface area (Å²) in [6, 6.07) is 4.82. The van der Waals surface area contributed by atoms with Crippen LogP contribution < -0.4 is 0 Å². The van der Waals surface area contributed by atoms with Crippen LogP contribution in [0.5, 0.6) is 11.5 Å². The molecule has 4 rings (SSSR count). The maximum absolute atomic E-state index is 12.9. The van der Waals surface area contributed by atoms with Crippen molar-refractivity contribution >= 4 is 17.3 Å². The van der Waals surface area contributed by atoms with Gasteiger partial charge in [-0.25, -0.2) is 0 Å². The lowest BCUT2D eigenvalue weighted by Crippen LogP contribution is -2.44. The van der Waals surface area contributed by atoms with E-state index >= 15 is 0 Å². The normalized spacial score (nSPS) is 23.7. The van der Waals surface area contributed by atoms with Gasteiger partial charge in [0.05, 0.1) is 11.7 Å². The lowest BCUT2D eigenvalue weighted by Gasteiger charge is -2.35. The van der Waals surface area contributed by atoms with E-state index in [-0.39, 0.29) is 52.0 Å². The van der Waals surface area contributed by atoms with E-state index in [1.54, 1.807) is 6.92 Å². The molecule has 0 heterocycles.